The minimum atomic E-state index is -0.158. The molecule has 1 amide bonds. The number of hydrogen-bond donors (Lipinski definition) is 2. The van der Waals surface area contributed by atoms with Gasteiger partial charge in [0.2, 0.25) is 5.91 Å². The van der Waals surface area contributed by atoms with E-state index in [9.17, 15) is 4.79 Å². The van der Waals surface area contributed by atoms with Crippen molar-refractivity contribution in [1.29, 1.82) is 0 Å². The molecule has 0 aliphatic carbocycles. The number of hydrogen-bond acceptors (Lipinski definition) is 4. The van der Waals surface area contributed by atoms with Crippen molar-refractivity contribution in [1.82, 2.24) is 5.32 Å². The summed E-state index contributed by atoms with van der Waals surface area (Å²) in [7, 11) is 0. The smallest absolute Gasteiger partial charge is 0.226 e. The third-order valence-electron chi connectivity index (χ3n) is 3.78. The summed E-state index contributed by atoms with van der Waals surface area (Å²) in [6.45, 7) is 6.27. The second-order valence-electron chi connectivity index (χ2n) is 6.34. The van der Waals surface area contributed by atoms with Crippen LogP contribution in [0.5, 0.6) is 5.75 Å². The molecule has 6 heteroatoms. The van der Waals surface area contributed by atoms with E-state index in [1.165, 1.54) is 0 Å². The first-order valence-electron chi connectivity index (χ1n) is 7.45. The molecule has 1 fully saturated rings. The maximum atomic E-state index is 12.1. The van der Waals surface area contributed by atoms with Gasteiger partial charge in [-0.3, -0.25) is 4.79 Å². The molecule has 2 aliphatic rings. The van der Waals surface area contributed by atoms with Gasteiger partial charge in [0, 0.05) is 36.7 Å². The van der Waals surface area contributed by atoms with E-state index in [1.807, 2.05) is 18.2 Å². The molecule has 22 heavy (non-hydrogen) atoms. The Hall–Kier alpha value is -1.30. The molecule has 2 heterocycles. The standard InChI is InChI=1S/C16H22N2O3.ClH/c1-16(2)9-11-7-12(3-4-14(11)21-16)18-15(19)8-13-10-20-6-5-17-13;/h3-4,7,13,17H,5-6,8-10H2,1-2H3,(H,18,19);1H. The fraction of sp³-hybridized carbons (Fsp3) is 0.562. The van der Waals surface area contributed by atoms with Crippen molar-refractivity contribution in [3.63, 3.8) is 0 Å². The highest BCUT2D eigenvalue weighted by atomic mass is 35.5. The third-order valence-corrected chi connectivity index (χ3v) is 3.78. The number of nitrogens with one attached hydrogen (secondary N) is 2. The van der Waals surface area contributed by atoms with Crippen LogP contribution in [0.25, 0.3) is 0 Å². The Morgan fingerprint density at radius 3 is 3.00 bits per heavy atom. The van der Waals surface area contributed by atoms with E-state index < -0.39 is 0 Å². The van der Waals surface area contributed by atoms with Crippen LogP contribution in [0.15, 0.2) is 18.2 Å². The monoisotopic (exact) mass is 326 g/mol. The minimum absolute atomic E-state index is 0. The molecule has 3 rings (SSSR count). The highest BCUT2D eigenvalue weighted by Gasteiger charge is 2.30. The maximum absolute atomic E-state index is 12.1. The van der Waals surface area contributed by atoms with E-state index in [1.54, 1.807) is 0 Å². The number of fused-ring (bicyclic) bond motifs is 1. The number of rotatable bonds is 3. The average molecular weight is 327 g/mol. The van der Waals surface area contributed by atoms with Gasteiger partial charge in [-0.15, -0.1) is 12.4 Å². The third kappa shape index (κ3) is 4.12. The van der Waals surface area contributed by atoms with Gasteiger partial charge in [-0.05, 0) is 32.0 Å². The van der Waals surface area contributed by atoms with Crippen molar-refractivity contribution < 1.29 is 14.3 Å². The molecule has 1 aromatic carbocycles. The van der Waals surface area contributed by atoms with Gasteiger partial charge in [0.05, 0.1) is 13.2 Å². The van der Waals surface area contributed by atoms with Crippen LogP contribution in [-0.2, 0) is 16.0 Å². The lowest BCUT2D eigenvalue weighted by atomic mass is 10.0. The molecule has 2 aliphatic heterocycles. The zero-order valence-corrected chi connectivity index (χ0v) is 13.8. The highest BCUT2D eigenvalue weighted by molar-refractivity contribution is 5.91. The fourth-order valence-electron chi connectivity index (χ4n) is 2.87. The van der Waals surface area contributed by atoms with E-state index in [0.717, 1.165) is 36.6 Å². The van der Waals surface area contributed by atoms with Crippen LogP contribution >= 0.6 is 12.4 Å². The Bertz CT molecular complexity index is 542. The molecule has 0 aromatic heterocycles. The second-order valence-corrected chi connectivity index (χ2v) is 6.34. The van der Waals surface area contributed by atoms with E-state index in [2.05, 4.69) is 24.5 Å². The Kier molecular flexibility index (Phi) is 5.32. The summed E-state index contributed by atoms with van der Waals surface area (Å²) < 4.78 is 11.2. The van der Waals surface area contributed by atoms with Crippen molar-refractivity contribution in [2.45, 2.75) is 38.3 Å². The minimum Gasteiger partial charge on any atom is -0.487 e. The Morgan fingerprint density at radius 2 is 2.27 bits per heavy atom. The van der Waals surface area contributed by atoms with Gasteiger partial charge in [0.15, 0.2) is 0 Å². The zero-order chi connectivity index (χ0) is 14.9. The summed E-state index contributed by atoms with van der Waals surface area (Å²) in [4.78, 5) is 12.1. The van der Waals surface area contributed by atoms with Gasteiger partial charge in [-0.25, -0.2) is 0 Å². The molecule has 2 N–H and O–H groups in total. The molecule has 5 nitrogen and oxygen atoms in total. The number of anilines is 1. The van der Waals surface area contributed by atoms with E-state index in [0.29, 0.717) is 13.0 Å². The number of amides is 1. The van der Waals surface area contributed by atoms with Crippen LogP contribution in [0, 0.1) is 0 Å². The van der Waals surface area contributed by atoms with Gasteiger partial charge in [-0.1, -0.05) is 0 Å². The molecular weight excluding hydrogens is 304 g/mol. The Labute approximate surface area is 137 Å². The Morgan fingerprint density at radius 1 is 1.45 bits per heavy atom. The molecule has 122 valence electrons. The van der Waals surface area contributed by atoms with Crippen LogP contribution in [-0.4, -0.2) is 37.3 Å². The lowest BCUT2D eigenvalue weighted by molar-refractivity contribution is -0.117. The summed E-state index contributed by atoms with van der Waals surface area (Å²) in [5.74, 6) is 0.927. The molecule has 1 unspecified atom stereocenters. The first-order valence-corrected chi connectivity index (χ1v) is 7.45. The summed E-state index contributed by atoms with van der Waals surface area (Å²) in [6, 6.07) is 5.94. The predicted octanol–water partition coefficient (Wildman–Crippen LogP) is 2.14. The molecule has 0 bridgehead atoms. The van der Waals surface area contributed by atoms with Gasteiger partial charge in [0.1, 0.15) is 11.4 Å². The normalized spacial score (nSPS) is 22.2. The second kappa shape index (κ2) is 6.86. The molecule has 0 radical (unpaired) electrons. The van der Waals surface area contributed by atoms with Crippen molar-refractivity contribution in [3.8, 4) is 5.75 Å². The Balaban J connectivity index is 0.00000176. The number of carbonyl (C=O) groups excluding carboxylic acids is 1. The molecule has 1 atom stereocenters. The molecule has 0 saturated carbocycles. The fourth-order valence-corrected chi connectivity index (χ4v) is 2.87. The number of halogens is 1. The lowest BCUT2D eigenvalue weighted by Gasteiger charge is -2.23. The van der Waals surface area contributed by atoms with Crippen LogP contribution in [0.2, 0.25) is 0 Å². The number of ether oxygens (including phenoxy) is 2. The van der Waals surface area contributed by atoms with Crippen LogP contribution < -0.4 is 15.4 Å². The van der Waals surface area contributed by atoms with Crippen LogP contribution in [0.1, 0.15) is 25.8 Å². The van der Waals surface area contributed by atoms with Crippen LogP contribution in [0.3, 0.4) is 0 Å². The predicted molar refractivity (Wildman–Crippen MR) is 88.0 cm³/mol. The topological polar surface area (TPSA) is 59.6 Å². The van der Waals surface area contributed by atoms with Crippen molar-refractivity contribution in [2.24, 2.45) is 0 Å². The first kappa shape index (κ1) is 17.1. The lowest BCUT2D eigenvalue weighted by Crippen LogP contribution is -2.43. The van der Waals surface area contributed by atoms with Crippen molar-refractivity contribution in [2.75, 3.05) is 25.1 Å². The summed E-state index contributed by atoms with van der Waals surface area (Å²) in [5, 5.41) is 6.24. The highest BCUT2D eigenvalue weighted by Crippen LogP contribution is 2.36. The van der Waals surface area contributed by atoms with Crippen molar-refractivity contribution in [3.05, 3.63) is 23.8 Å². The van der Waals surface area contributed by atoms with Gasteiger partial charge >= 0.3 is 0 Å². The average Bonchev–Trinajstić information content (AvgIpc) is 2.73. The largest absolute Gasteiger partial charge is 0.487 e. The molecule has 1 saturated heterocycles. The molecular formula is C16H23ClN2O3. The van der Waals surface area contributed by atoms with E-state index in [4.69, 9.17) is 9.47 Å². The number of carbonyl (C=O) groups is 1. The zero-order valence-electron chi connectivity index (χ0n) is 13.0. The number of benzene rings is 1. The van der Waals surface area contributed by atoms with E-state index in [-0.39, 0.29) is 30.0 Å². The first-order chi connectivity index (χ1) is 10.0. The number of morpholine rings is 1. The molecule has 1 aromatic rings. The van der Waals surface area contributed by atoms with E-state index >= 15 is 0 Å². The quantitative estimate of drug-likeness (QED) is 0.893. The summed E-state index contributed by atoms with van der Waals surface area (Å²) >= 11 is 0. The maximum Gasteiger partial charge on any atom is 0.226 e. The van der Waals surface area contributed by atoms with Crippen LogP contribution in [0.4, 0.5) is 5.69 Å². The molecule has 0 spiro atoms. The summed E-state index contributed by atoms with van der Waals surface area (Å²) in [5.41, 5.74) is 1.82. The van der Waals surface area contributed by atoms with Gasteiger partial charge in [-0.2, -0.15) is 0 Å². The van der Waals surface area contributed by atoms with Gasteiger partial charge in [0.25, 0.3) is 0 Å². The summed E-state index contributed by atoms with van der Waals surface area (Å²) in [6.07, 6.45) is 1.29. The SMILES string of the molecule is CC1(C)Cc2cc(NC(=O)CC3COCCN3)ccc2O1.Cl. The van der Waals surface area contributed by atoms with Gasteiger partial charge < -0.3 is 20.1 Å². The van der Waals surface area contributed by atoms with Crippen molar-refractivity contribution >= 4 is 24.0 Å².